The Morgan fingerprint density at radius 2 is 0.366 bits per heavy atom. The molecule has 544 valence electrons. The molecule has 0 saturated carbocycles. The van der Waals surface area contributed by atoms with Gasteiger partial charge >= 0.3 is 0 Å². The van der Waals surface area contributed by atoms with Crippen molar-refractivity contribution in [2.24, 2.45) is 0 Å². The minimum atomic E-state index is -0.122. The highest BCUT2D eigenvalue weighted by Gasteiger charge is 2.42. The van der Waals surface area contributed by atoms with Gasteiger partial charge in [0.05, 0.1) is 291 Å². The normalized spacial score (nSPS) is 12.5. The predicted octanol–water partition coefficient (Wildman–Crippen LogP) is 6.81. The van der Waals surface area contributed by atoms with E-state index in [1.54, 1.807) is 14.2 Å². The van der Waals surface area contributed by atoms with Crippen molar-refractivity contribution in [2.45, 2.75) is 58.8 Å². The van der Waals surface area contributed by atoms with Crippen LogP contribution < -0.4 is 0 Å². The molecule has 0 radical (unpaired) electrons. The summed E-state index contributed by atoms with van der Waals surface area (Å²) in [6.45, 7) is 32.3. The Balaban J connectivity index is 0.0000146. The molecule has 0 N–H and O–H groups in total. The van der Waals surface area contributed by atoms with E-state index in [1.165, 1.54) is 33.4 Å². The maximum Gasteiger partial charge on any atom is 0.0701 e. The smallest absolute Gasteiger partial charge is 0.0701 e. The van der Waals surface area contributed by atoms with Gasteiger partial charge in [0.25, 0.3) is 0 Å². The molecule has 0 heterocycles. The molecule has 24 heteroatoms. The SMILES string of the molecule is CC.COCCOCCOCCOCCOCCOCCOCCOCCOCCOCCOCCOCCCC1(CCCOCCOCCOCCOCCOCCOCCOCCOCCOCCOCCOCCOC)c2cc(C)ccc2-c2ccc(C)cc21. The minimum Gasteiger partial charge on any atom is -0.382 e. The summed E-state index contributed by atoms with van der Waals surface area (Å²) in [7, 11) is 3.29. The second kappa shape index (κ2) is 68.0. The number of hydrogen-bond donors (Lipinski definition) is 0. The van der Waals surface area contributed by atoms with Crippen LogP contribution >= 0.6 is 0 Å². The second-order valence-corrected chi connectivity index (χ2v) is 20.8. The zero-order chi connectivity index (χ0) is 66.5. The van der Waals surface area contributed by atoms with Crippen LogP contribution in [0.25, 0.3) is 11.1 Å². The van der Waals surface area contributed by atoms with Gasteiger partial charge in [0, 0.05) is 32.8 Å². The van der Waals surface area contributed by atoms with Gasteiger partial charge in [0.15, 0.2) is 0 Å². The van der Waals surface area contributed by atoms with Crippen LogP contribution in [-0.2, 0) is 119 Å². The van der Waals surface area contributed by atoms with Crippen molar-refractivity contribution >= 4 is 0 Å². The minimum absolute atomic E-state index is 0.122. The van der Waals surface area contributed by atoms with Gasteiger partial charge in [-0.15, -0.1) is 0 Å². The lowest BCUT2D eigenvalue weighted by Gasteiger charge is -2.33. The topological polar surface area (TPSA) is 222 Å². The van der Waals surface area contributed by atoms with Crippen molar-refractivity contribution in [1.29, 1.82) is 0 Å². The summed E-state index contributed by atoms with van der Waals surface area (Å²) in [4.78, 5) is 0. The zero-order valence-corrected chi connectivity index (χ0v) is 58.1. The van der Waals surface area contributed by atoms with E-state index < -0.39 is 0 Å². The summed E-state index contributed by atoms with van der Waals surface area (Å²) in [5.74, 6) is 0. The molecule has 0 amide bonds. The molecule has 0 bridgehead atoms. The van der Waals surface area contributed by atoms with Gasteiger partial charge in [-0.1, -0.05) is 61.4 Å². The van der Waals surface area contributed by atoms with Gasteiger partial charge in [-0.2, -0.15) is 0 Å². The van der Waals surface area contributed by atoms with E-state index >= 15 is 0 Å². The first-order valence-electron chi connectivity index (χ1n) is 34.0. The van der Waals surface area contributed by atoms with Crippen LogP contribution in [0.5, 0.6) is 0 Å². The van der Waals surface area contributed by atoms with Gasteiger partial charge < -0.3 is 114 Å². The average molecular weight is 1340 g/mol. The fourth-order valence-corrected chi connectivity index (χ4v) is 9.23. The molecular formula is C69H124O24. The molecule has 0 aromatic heterocycles. The predicted molar refractivity (Wildman–Crippen MR) is 354 cm³/mol. The first-order valence-corrected chi connectivity index (χ1v) is 34.0. The van der Waals surface area contributed by atoms with Crippen LogP contribution in [-0.4, -0.2) is 318 Å². The van der Waals surface area contributed by atoms with Crippen molar-refractivity contribution in [2.75, 3.05) is 318 Å². The van der Waals surface area contributed by atoms with Crippen molar-refractivity contribution in [1.82, 2.24) is 0 Å². The number of ether oxygens (including phenoxy) is 24. The van der Waals surface area contributed by atoms with Crippen molar-refractivity contribution in [3.05, 3.63) is 58.7 Å². The van der Waals surface area contributed by atoms with Crippen LogP contribution in [0.1, 0.15) is 61.8 Å². The van der Waals surface area contributed by atoms with Gasteiger partial charge in [-0.05, 0) is 61.8 Å². The molecule has 1 aliphatic carbocycles. The van der Waals surface area contributed by atoms with Crippen molar-refractivity contribution in [3.63, 3.8) is 0 Å². The first kappa shape index (κ1) is 86.6. The molecule has 0 saturated heterocycles. The molecule has 24 nitrogen and oxygen atoms in total. The number of methoxy groups -OCH3 is 2. The Morgan fingerprint density at radius 1 is 0.215 bits per heavy atom. The summed E-state index contributed by atoms with van der Waals surface area (Å²) in [5.41, 5.74) is 7.92. The number of fused-ring (bicyclic) bond motifs is 3. The largest absolute Gasteiger partial charge is 0.382 e. The third-order valence-electron chi connectivity index (χ3n) is 13.8. The molecule has 93 heavy (non-hydrogen) atoms. The first-order chi connectivity index (χ1) is 46.1. The Labute approximate surface area is 558 Å². The number of benzene rings is 2. The van der Waals surface area contributed by atoms with Gasteiger partial charge in [0.2, 0.25) is 0 Å². The van der Waals surface area contributed by atoms with Crippen LogP contribution in [0.15, 0.2) is 36.4 Å². The van der Waals surface area contributed by atoms with Crippen molar-refractivity contribution < 1.29 is 114 Å². The Hall–Kier alpha value is -2.52. The van der Waals surface area contributed by atoms with Gasteiger partial charge in [0.1, 0.15) is 0 Å². The second-order valence-electron chi connectivity index (χ2n) is 20.8. The lowest BCUT2D eigenvalue weighted by Crippen LogP contribution is -2.27. The van der Waals surface area contributed by atoms with Crippen LogP contribution in [0.3, 0.4) is 0 Å². The average Bonchev–Trinajstić information content (AvgIpc) is 1.57. The molecule has 0 spiro atoms. The van der Waals surface area contributed by atoms with Gasteiger partial charge in [-0.3, -0.25) is 0 Å². The molecule has 0 fully saturated rings. The zero-order valence-electron chi connectivity index (χ0n) is 58.1. The summed E-state index contributed by atoms with van der Waals surface area (Å²) in [6.07, 6.45) is 3.81. The number of rotatable bonds is 74. The summed E-state index contributed by atoms with van der Waals surface area (Å²) in [6, 6.07) is 13.8. The fourth-order valence-electron chi connectivity index (χ4n) is 9.23. The van der Waals surface area contributed by atoms with Gasteiger partial charge in [-0.25, -0.2) is 0 Å². The lowest BCUT2D eigenvalue weighted by molar-refractivity contribution is -0.0281. The highest BCUT2D eigenvalue weighted by Crippen LogP contribution is 2.54. The molecule has 3 rings (SSSR count). The van der Waals surface area contributed by atoms with E-state index in [4.69, 9.17) is 114 Å². The van der Waals surface area contributed by atoms with E-state index in [-0.39, 0.29) is 5.41 Å². The summed E-state index contributed by atoms with van der Waals surface area (Å²) < 4.78 is 133. The molecule has 0 unspecified atom stereocenters. The van der Waals surface area contributed by atoms with Crippen molar-refractivity contribution in [3.8, 4) is 11.1 Å². The summed E-state index contributed by atoms with van der Waals surface area (Å²) in [5, 5.41) is 0. The highest BCUT2D eigenvalue weighted by atomic mass is 16.6. The molecular weight excluding hydrogens is 1210 g/mol. The highest BCUT2D eigenvalue weighted by molar-refractivity contribution is 5.81. The van der Waals surface area contributed by atoms with E-state index in [2.05, 4.69) is 50.2 Å². The fraction of sp³-hybridized carbons (Fsp3) is 0.826. The van der Waals surface area contributed by atoms with Crippen LogP contribution in [0, 0.1) is 13.8 Å². The quantitative estimate of drug-likeness (QED) is 0.0620. The van der Waals surface area contributed by atoms with Crippen LogP contribution in [0.4, 0.5) is 0 Å². The van der Waals surface area contributed by atoms with E-state index in [1.807, 2.05) is 13.8 Å². The van der Waals surface area contributed by atoms with E-state index in [0.717, 1.165) is 25.7 Å². The third-order valence-corrected chi connectivity index (χ3v) is 13.8. The van der Waals surface area contributed by atoms with E-state index in [9.17, 15) is 0 Å². The Bertz CT molecular complexity index is 1730. The Morgan fingerprint density at radius 3 is 0.527 bits per heavy atom. The summed E-state index contributed by atoms with van der Waals surface area (Å²) >= 11 is 0. The Kier molecular flexibility index (Phi) is 63.3. The molecule has 1 aliphatic rings. The lowest BCUT2D eigenvalue weighted by atomic mass is 9.71. The van der Waals surface area contributed by atoms with E-state index in [0.29, 0.717) is 304 Å². The number of aryl methyl sites for hydroxylation is 2. The molecule has 2 aromatic rings. The van der Waals surface area contributed by atoms with Crippen LogP contribution in [0.2, 0.25) is 0 Å². The molecule has 2 aromatic carbocycles. The number of hydrogen-bond acceptors (Lipinski definition) is 24. The molecule has 0 aliphatic heterocycles. The maximum absolute atomic E-state index is 6.11. The molecule has 0 atom stereocenters. The maximum atomic E-state index is 6.11. The standard InChI is InChI=1S/C67H118O24.C2H6/c1-61-7-9-63-64-10-8-62(2)60-66(64)67(65(63)59-61,11-5-13-70-19-21-74-27-29-78-35-37-82-43-45-86-51-53-90-57-55-88-49-47-84-41-39-80-33-31-76-25-23-72-17-15-68-3)12-6-14-71-20-22-75-28-30-79-36-38-83-44-46-87-52-54-91-58-56-89-50-48-85-42-40-81-34-32-77-26-24-73-18-16-69-4;1-2/h7-10,59-60H,5-6,11-58H2,1-4H3;1-2H3. The monoisotopic (exact) mass is 1340 g/mol. The third kappa shape index (κ3) is 49.6.